The molecule has 0 aromatic heterocycles. The molecular formula is C24H24ClN3O4S. The highest BCUT2D eigenvalue weighted by atomic mass is 35.5. The van der Waals surface area contributed by atoms with Gasteiger partial charge in [0, 0.05) is 5.02 Å². The van der Waals surface area contributed by atoms with E-state index < -0.39 is 22.5 Å². The number of hydrogen-bond donors (Lipinski definition) is 1. The number of methoxy groups -OCH3 is 1. The van der Waals surface area contributed by atoms with Crippen LogP contribution >= 0.6 is 11.6 Å². The number of anilines is 1. The molecular weight excluding hydrogens is 462 g/mol. The van der Waals surface area contributed by atoms with Crippen molar-refractivity contribution in [2.75, 3.05) is 18.0 Å². The third kappa shape index (κ3) is 6.12. The molecule has 0 spiro atoms. The van der Waals surface area contributed by atoms with Crippen LogP contribution in [0.4, 0.5) is 5.69 Å². The normalized spacial score (nSPS) is 11.4. The Hall–Kier alpha value is -3.36. The Labute approximate surface area is 198 Å². The molecule has 33 heavy (non-hydrogen) atoms. The van der Waals surface area contributed by atoms with Crippen molar-refractivity contribution in [1.29, 1.82) is 0 Å². The summed E-state index contributed by atoms with van der Waals surface area (Å²) in [7, 11) is -2.46. The summed E-state index contributed by atoms with van der Waals surface area (Å²) in [6.07, 6.45) is 1.46. The highest BCUT2D eigenvalue weighted by Crippen LogP contribution is 2.28. The van der Waals surface area contributed by atoms with E-state index in [1.54, 1.807) is 55.6 Å². The second-order valence-corrected chi connectivity index (χ2v) is 9.59. The van der Waals surface area contributed by atoms with E-state index in [-0.39, 0.29) is 10.6 Å². The van der Waals surface area contributed by atoms with Gasteiger partial charge < -0.3 is 4.74 Å². The van der Waals surface area contributed by atoms with Crippen LogP contribution in [-0.4, -0.2) is 34.2 Å². The lowest BCUT2D eigenvalue weighted by molar-refractivity contribution is -0.119. The van der Waals surface area contributed by atoms with E-state index in [1.165, 1.54) is 24.4 Å². The largest absolute Gasteiger partial charge is 0.497 e. The van der Waals surface area contributed by atoms with Crippen LogP contribution in [0, 0.1) is 13.8 Å². The summed E-state index contributed by atoms with van der Waals surface area (Å²) in [4.78, 5) is 12.7. The summed E-state index contributed by atoms with van der Waals surface area (Å²) in [5.41, 5.74) is 5.11. The first kappa shape index (κ1) is 24.3. The maximum Gasteiger partial charge on any atom is 0.264 e. The summed E-state index contributed by atoms with van der Waals surface area (Å²) in [5, 5.41) is 4.33. The van der Waals surface area contributed by atoms with Crippen LogP contribution in [0.1, 0.15) is 16.7 Å². The van der Waals surface area contributed by atoms with Crippen molar-refractivity contribution in [3.8, 4) is 5.75 Å². The maximum atomic E-state index is 13.4. The van der Waals surface area contributed by atoms with Crippen LogP contribution in [0.2, 0.25) is 5.02 Å². The SMILES string of the molecule is COc1ccc(/C=N\NC(=O)CN(c2ccc(C)c(Cl)c2)S(=O)(=O)c2ccc(C)cc2)cc1. The lowest BCUT2D eigenvalue weighted by atomic mass is 10.2. The Morgan fingerprint density at radius 3 is 2.33 bits per heavy atom. The van der Waals surface area contributed by atoms with Crippen molar-refractivity contribution in [1.82, 2.24) is 5.43 Å². The molecule has 0 saturated heterocycles. The predicted molar refractivity (Wildman–Crippen MR) is 131 cm³/mol. The Morgan fingerprint density at radius 2 is 1.73 bits per heavy atom. The fourth-order valence-corrected chi connectivity index (χ4v) is 4.51. The van der Waals surface area contributed by atoms with Gasteiger partial charge in [-0.15, -0.1) is 0 Å². The molecule has 0 heterocycles. The number of hydrazone groups is 1. The quantitative estimate of drug-likeness (QED) is 0.380. The van der Waals surface area contributed by atoms with Crippen LogP contribution in [-0.2, 0) is 14.8 Å². The van der Waals surface area contributed by atoms with Crippen molar-refractivity contribution in [3.05, 3.63) is 88.4 Å². The third-order valence-electron chi connectivity index (χ3n) is 4.86. The number of carbonyl (C=O) groups is 1. The van der Waals surface area contributed by atoms with Crippen LogP contribution in [0.15, 0.2) is 76.7 Å². The van der Waals surface area contributed by atoms with Gasteiger partial charge in [0.15, 0.2) is 0 Å². The van der Waals surface area contributed by atoms with Crippen LogP contribution < -0.4 is 14.5 Å². The number of benzene rings is 3. The molecule has 9 heteroatoms. The molecule has 0 aliphatic heterocycles. The van der Waals surface area contributed by atoms with Crippen molar-refractivity contribution in [3.63, 3.8) is 0 Å². The monoisotopic (exact) mass is 485 g/mol. The standard InChI is InChI=1S/C24H24ClN3O4S/c1-17-4-12-22(13-5-17)33(30,31)28(20-9-6-18(2)23(25)14-20)16-24(29)27-26-15-19-7-10-21(32-3)11-8-19/h4-15H,16H2,1-3H3,(H,27,29)/b26-15-. The van der Waals surface area contributed by atoms with Crippen molar-refractivity contribution >= 4 is 39.4 Å². The lowest BCUT2D eigenvalue weighted by Crippen LogP contribution is -2.39. The van der Waals surface area contributed by atoms with Gasteiger partial charge in [-0.25, -0.2) is 13.8 Å². The van der Waals surface area contributed by atoms with E-state index >= 15 is 0 Å². The minimum Gasteiger partial charge on any atom is -0.497 e. The minimum absolute atomic E-state index is 0.0688. The molecule has 0 bridgehead atoms. The first-order valence-corrected chi connectivity index (χ1v) is 11.8. The van der Waals surface area contributed by atoms with Crippen molar-refractivity contribution in [2.24, 2.45) is 5.10 Å². The highest BCUT2D eigenvalue weighted by molar-refractivity contribution is 7.92. The van der Waals surface area contributed by atoms with Gasteiger partial charge in [0.05, 0.1) is 23.9 Å². The fraction of sp³-hybridized carbons (Fsp3) is 0.167. The molecule has 0 fully saturated rings. The zero-order valence-corrected chi connectivity index (χ0v) is 20.0. The number of rotatable bonds is 8. The number of aryl methyl sites for hydroxylation is 2. The molecule has 0 aliphatic rings. The first-order chi connectivity index (χ1) is 15.7. The summed E-state index contributed by atoms with van der Waals surface area (Å²) < 4.78 is 32.9. The summed E-state index contributed by atoms with van der Waals surface area (Å²) >= 11 is 6.23. The molecule has 1 N–H and O–H groups in total. The molecule has 172 valence electrons. The Bertz CT molecular complexity index is 1260. The minimum atomic E-state index is -4.03. The number of halogens is 1. The van der Waals surface area contributed by atoms with Gasteiger partial charge in [-0.1, -0.05) is 35.4 Å². The van der Waals surface area contributed by atoms with E-state index in [0.29, 0.717) is 10.8 Å². The fourth-order valence-electron chi connectivity index (χ4n) is 2.92. The molecule has 0 atom stereocenters. The van der Waals surface area contributed by atoms with Crippen LogP contribution in [0.25, 0.3) is 0 Å². The van der Waals surface area contributed by atoms with Crippen molar-refractivity contribution in [2.45, 2.75) is 18.7 Å². The molecule has 3 aromatic rings. The third-order valence-corrected chi connectivity index (χ3v) is 7.05. The molecule has 3 rings (SSSR count). The predicted octanol–water partition coefficient (Wildman–Crippen LogP) is 4.31. The van der Waals surface area contributed by atoms with Gasteiger partial charge in [-0.2, -0.15) is 5.10 Å². The van der Waals surface area contributed by atoms with E-state index in [9.17, 15) is 13.2 Å². The zero-order valence-electron chi connectivity index (χ0n) is 18.4. The molecule has 3 aromatic carbocycles. The van der Waals surface area contributed by atoms with Gasteiger partial charge >= 0.3 is 0 Å². The van der Waals surface area contributed by atoms with Crippen LogP contribution in [0.5, 0.6) is 5.75 Å². The number of nitrogens with one attached hydrogen (secondary N) is 1. The van der Waals surface area contributed by atoms with Crippen LogP contribution in [0.3, 0.4) is 0 Å². The van der Waals surface area contributed by atoms with Gasteiger partial charge in [0.2, 0.25) is 0 Å². The Balaban J connectivity index is 1.84. The molecule has 1 amide bonds. The van der Waals surface area contributed by atoms with E-state index in [4.69, 9.17) is 16.3 Å². The average Bonchev–Trinajstić information content (AvgIpc) is 2.80. The second kappa shape index (κ2) is 10.5. The van der Waals surface area contributed by atoms with Gasteiger partial charge in [-0.05, 0) is 73.5 Å². The topological polar surface area (TPSA) is 88.1 Å². The van der Waals surface area contributed by atoms with Gasteiger partial charge in [0.1, 0.15) is 12.3 Å². The number of hydrogen-bond acceptors (Lipinski definition) is 5. The highest BCUT2D eigenvalue weighted by Gasteiger charge is 2.27. The lowest BCUT2D eigenvalue weighted by Gasteiger charge is -2.24. The van der Waals surface area contributed by atoms with Gasteiger partial charge in [-0.3, -0.25) is 9.10 Å². The number of sulfonamides is 1. The Kier molecular flexibility index (Phi) is 7.73. The van der Waals surface area contributed by atoms with E-state index in [2.05, 4.69) is 10.5 Å². The summed E-state index contributed by atoms with van der Waals surface area (Å²) in [5.74, 6) is 0.0945. The first-order valence-electron chi connectivity index (χ1n) is 10.0. The molecule has 0 unspecified atom stereocenters. The van der Waals surface area contributed by atoms with E-state index in [0.717, 1.165) is 21.0 Å². The number of nitrogens with zero attached hydrogens (tertiary/aromatic N) is 2. The summed E-state index contributed by atoms with van der Waals surface area (Å²) in [6.45, 7) is 3.20. The number of ether oxygens (including phenoxy) is 1. The zero-order chi connectivity index (χ0) is 24.0. The van der Waals surface area contributed by atoms with E-state index in [1.807, 2.05) is 13.8 Å². The molecule has 7 nitrogen and oxygen atoms in total. The summed E-state index contributed by atoms with van der Waals surface area (Å²) in [6, 6.07) is 18.3. The smallest absolute Gasteiger partial charge is 0.264 e. The maximum absolute atomic E-state index is 13.4. The second-order valence-electron chi connectivity index (χ2n) is 7.32. The average molecular weight is 486 g/mol. The van der Waals surface area contributed by atoms with Gasteiger partial charge in [0.25, 0.3) is 15.9 Å². The molecule has 0 saturated carbocycles. The number of amides is 1. The number of carbonyl (C=O) groups excluding carboxylic acids is 1. The molecule has 0 aliphatic carbocycles. The van der Waals surface area contributed by atoms with Crippen molar-refractivity contribution < 1.29 is 17.9 Å². The Morgan fingerprint density at radius 1 is 1.06 bits per heavy atom. The molecule has 0 radical (unpaired) electrons.